The Hall–Kier alpha value is -2.21. The molecule has 0 saturated heterocycles. The summed E-state index contributed by atoms with van der Waals surface area (Å²) in [6, 6.07) is 3.97. The molecule has 0 radical (unpaired) electrons. The monoisotopic (exact) mass is 316 g/mol. The highest BCUT2D eigenvalue weighted by atomic mass is 35.5. The first-order valence-corrected chi connectivity index (χ1v) is 7.57. The van der Waals surface area contributed by atoms with Crippen LogP contribution in [0.4, 0.5) is 5.82 Å². The molecule has 1 N–H and O–H groups in total. The number of nitrogens with one attached hydrogen (secondary N) is 1. The summed E-state index contributed by atoms with van der Waals surface area (Å²) in [5.41, 5.74) is 2.87. The van der Waals surface area contributed by atoms with Gasteiger partial charge in [-0.15, -0.1) is 5.10 Å². The van der Waals surface area contributed by atoms with E-state index >= 15 is 0 Å². The van der Waals surface area contributed by atoms with Crippen LogP contribution in [0.2, 0.25) is 5.28 Å². The van der Waals surface area contributed by atoms with Gasteiger partial charge in [-0.2, -0.15) is 4.98 Å². The lowest BCUT2D eigenvalue weighted by Crippen LogP contribution is -2.10. The molecule has 7 heteroatoms. The van der Waals surface area contributed by atoms with Crippen molar-refractivity contribution in [2.24, 2.45) is 0 Å². The molecule has 0 fully saturated rings. The van der Waals surface area contributed by atoms with Gasteiger partial charge in [-0.25, -0.2) is 9.50 Å². The van der Waals surface area contributed by atoms with E-state index in [1.54, 1.807) is 10.7 Å². The van der Waals surface area contributed by atoms with Gasteiger partial charge in [0.15, 0.2) is 11.5 Å². The lowest BCUT2D eigenvalue weighted by atomic mass is 10.2. The van der Waals surface area contributed by atoms with Crippen molar-refractivity contribution in [2.45, 2.75) is 26.2 Å². The number of nitrogens with zero attached hydrogens (tertiary/aromatic N) is 5. The van der Waals surface area contributed by atoms with E-state index in [1.807, 2.05) is 24.5 Å². The molecule has 3 heterocycles. The highest BCUT2D eigenvalue weighted by Crippen LogP contribution is 2.20. The average molecular weight is 317 g/mol. The van der Waals surface area contributed by atoms with E-state index in [-0.39, 0.29) is 5.28 Å². The second-order valence-corrected chi connectivity index (χ2v) is 5.68. The van der Waals surface area contributed by atoms with Crippen molar-refractivity contribution in [3.8, 4) is 0 Å². The fourth-order valence-corrected chi connectivity index (χ4v) is 2.42. The minimum Gasteiger partial charge on any atom is -0.367 e. The molecule has 0 atom stereocenters. The standard InChI is InChI=1S/C15H17ClN6/c1-10(2)12-9-19-14-13(20-15(16)21-22(12)14)18-7-5-11-4-3-6-17-8-11/h3-4,6,8-10H,5,7H2,1-2H3,(H,18,20,21). The molecule has 22 heavy (non-hydrogen) atoms. The van der Waals surface area contributed by atoms with Gasteiger partial charge in [-0.1, -0.05) is 19.9 Å². The number of imidazole rings is 1. The Morgan fingerprint density at radius 2 is 2.18 bits per heavy atom. The van der Waals surface area contributed by atoms with Crippen molar-refractivity contribution in [3.05, 3.63) is 47.3 Å². The van der Waals surface area contributed by atoms with Gasteiger partial charge < -0.3 is 5.32 Å². The fourth-order valence-electron chi connectivity index (χ4n) is 2.26. The molecule has 3 rings (SSSR count). The molecule has 0 spiro atoms. The van der Waals surface area contributed by atoms with E-state index in [4.69, 9.17) is 11.6 Å². The van der Waals surface area contributed by atoms with Crippen molar-refractivity contribution < 1.29 is 0 Å². The summed E-state index contributed by atoms with van der Waals surface area (Å²) in [5, 5.41) is 7.73. The maximum absolute atomic E-state index is 6.03. The molecular weight excluding hydrogens is 300 g/mol. The Morgan fingerprint density at radius 1 is 1.32 bits per heavy atom. The summed E-state index contributed by atoms with van der Waals surface area (Å²) in [5.74, 6) is 0.958. The van der Waals surface area contributed by atoms with Gasteiger partial charge in [0.25, 0.3) is 0 Å². The van der Waals surface area contributed by atoms with Crippen LogP contribution in [0.3, 0.4) is 0 Å². The van der Waals surface area contributed by atoms with Crippen LogP contribution >= 0.6 is 11.6 Å². The minimum absolute atomic E-state index is 0.205. The summed E-state index contributed by atoms with van der Waals surface area (Å²) in [4.78, 5) is 12.8. The summed E-state index contributed by atoms with van der Waals surface area (Å²) < 4.78 is 1.76. The van der Waals surface area contributed by atoms with Crippen LogP contribution in [-0.4, -0.2) is 31.1 Å². The topological polar surface area (TPSA) is 68.0 Å². The molecule has 0 bridgehead atoms. The number of fused-ring (bicyclic) bond motifs is 1. The number of aromatic nitrogens is 5. The molecule has 3 aromatic heterocycles. The fraction of sp³-hybridized carbons (Fsp3) is 0.333. The summed E-state index contributed by atoms with van der Waals surface area (Å²) >= 11 is 6.03. The first-order chi connectivity index (χ1) is 10.6. The zero-order valence-corrected chi connectivity index (χ0v) is 13.2. The quantitative estimate of drug-likeness (QED) is 0.783. The smallest absolute Gasteiger partial charge is 0.243 e. The van der Waals surface area contributed by atoms with Crippen molar-refractivity contribution in [1.29, 1.82) is 0 Å². The lowest BCUT2D eigenvalue weighted by molar-refractivity contribution is 0.751. The Labute approximate surface area is 133 Å². The average Bonchev–Trinajstić information content (AvgIpc) is 2.92. The molecular formula is C15H17ClN6. The van der Waals surface area contributed by atoms with Crippen LogP contribution in [-0.2, 0) is 6.42 Å². The molecule has 0 amide bonds. The molecule has 0 aliphatic heterocycles. The van der Waals surface area contributed by atoms with Crippen LogP contribution in [0.15, 0.2) is 30.7 Å². The number of rotatable bonds is 5. The van der Waals surface area contributed by atoms with Gasteiger partial charge in [0.1, 0.15) is 0 Å². The normalized spacial score (nSPS) is 11.3. The molecule has 6 nitrogen and oxygen atoms in total. The maximum atomic E-state index is 6.03. The van der Waals surface area contributed by atoms with Gasteiger partial charge in [-0.3, -0.25) is 4.98 Å². The highest BCUT2D eigenvalue weighted by molar-refractivity contribution is 6.28. The van der Waals surface area contributed by atoms with E-state index in [2.05, 4.69) is 39.2 Å². The predicted octanol–water partition coefficient (Wildman–Crippen LogP) is 2.95. The Balaban J connectivity index is 1.81. The number of halogens is 1. The summed E-state index contributed by atoms with van der Waals surface area (Å²) in [7, 11) is 0. The third-order valence-corrected chi connectivity index (χ3v) is 3.54. The number of anilines is 1. The van der Waals surface area contributed by atoms with E-state index in [9.17, 15) is 0 Å². The number of hydrogen-bond acceptors (Lipinski definition) is 5. The zero-order chi connectivity index (χ0) is 15.5. The lowest BCUT2D eigenvalue weighted by Gasteiger charge is -2.08. The van der Waals surface area contributed by atoms with Crippen molar-refractivity contribution in [2.75, 3.05) is 11.9 Å². The van der Waals surface area contributed by atoms with Crippen LogP contribution in [0.25, 0.3) is 5.65 Å². The molecule has 0 unspecified atom stereocenters. The maximum Gasteiger partial charge on any atom is 0.243 e. The van der Waals surface area contributed by atoms with E-state index in [0.717, 1.165) is 24.2 Å². The van der Waals surface area contributed by atoms with Crippen molar-refractivity contribution in [1.82, 2.24) is 24.6 Å². The van der Waals surface area contributed by atoms with E-state index < -0.39 is 0 Å². The number of pyridine rings is 1. The second kappa shape index (κ2) is 6.27. The SMILES string of the molecule is CC(C)c1cnc2c(NCCc3cccnc3)nc(Cl)nn12. The first kappa shape index (κ1) is 14.7. The molecule has 0 aliphatic rings. The van der Waals surface area contributed by atoms with Crippen molar-refractivity contribution >= 4 is 23.1 Å². The van der Waals surface area contributed by atoms with Crippen molar-refractivity contribution in [3.63, 3.8) is 0 Å². The third kappa shape index (κ3) is 3.01. The predicted molar refractivity (Wildman–Crippen MR) is 86.3 cm³/mol. The molecule has 3 aromatic rings. The Bertz CT molecular complexity index is 768. The van der Waals surface area contributed by atoms with Gasteiger partial charge in [-0.05, 0) is 35.6 Å². The minimum atomic E-state index is 0.205. The van der Waals surface area contributed by atoms with Crippen LogP contribution in [0, 0.1) is 0 Å². The molecule has 0 saturated carbocycles. The molecule has 0 aliphatic carbocycles. The molecule has 114 valence electrons. The number of hydrogen-bond donors (Lipinski definition) is 1. The zero-order valence-electron chi connectivity index (χ0n) is 12.5. The van der Waals surface area contributed by atoms with Gasteiger partial charge >= 0.3 is 0 Å². The second-order valence-electron chi connectivity index (χ2n) is 5.34. The van der Waals surface area contributed by atoms with Crippen LogP contribution in [0.5, 0.6) is 0 Å². The van der Waals surface area contributed by atoms with Gasteiger partial charge in [0.2, 0.25) is 5.28 Å². The highest BCUT2D eigenvalue weighted by Gasteiger charge is 2.14. The Kier molecular flexibility index (Phi) is 4.20. The van der Waals surface area contributed by atoms with Gasteiger partial charge in [0, 0.05) is 18.9 Å². The first-order valence-electron chi connectivity index (χ1n) is 7.19. The van der Waals surface area contributed by atoms with E-state index in [1.165, 1.54) is 0 Å². The molecule has 0 aromatic carbocycles. The third-order valence-electron chi connectivity index (χ3n) is 3.38. The van der Waals surface area contributed by atoms with E-state index in [0.29, 0.717) is 17.4 Å². The largest absolute Gasteiger partial charge is 0.367 e. The van der Waals surface area contributed by atoms with Crippen LogP contribution in [0.1, 0.15) is 31.0 Å². The summed E-state index contributed by atoms with van der Waals surface area (Å²) in [6.07, 6.45) is 6.29. The Morgan fingerprint density at radius 3 is 2.91 bits per heavy atom. The van der Waals surface area contributed by atoms with Gasteiger partial charge in [0.05, 0.1) is 11.9 Å². The summed E-state index contributed by atoms with van der Waals surface area (Å²) in [6.45, 7) is 4.91. The van der Waals surface area contributed by atoms with Crippen LogP contribution < -0.4 is 5.32 Å².